The Morgan fingerprint density at radius 3 is 2.42 bits per heavy atom. The van der Waals surface area contributed by atoms with Crippen LogP contribution in [0.4, 0.5) is 10.1 Å². The van der Waals surface area contributed by atoms with Gasteiger partial charge in [-0.05, 0) is 36.4 Å². The van der Waals surface area contributed by atoms with E-state index in [0.29, 0.717) is 6.54 Å². The summed E-state index contributed by atoms with van der Waals surface area (Å²) in [5.74, 6) is -0.206. The van der Waals surface area contributed by atoms with Crippen molar-refractivity contribution in [2.45, 2.75) is 6.54 Å². The predicted molar refractivity (Wildman–Crippen MR) is 101 cm³/mol. The summed E-state index contributed by atoms with van der Waals surface area (Å²) in [7, 11) is 0. The number of piperazine rings is 1. The zero-order valence-corrected chi connectivity index (χ0v) is 14.5. The minimum absolute atomic E-state index is 0.0614. The van der Waals surface area contributed by atoms with Gasteiger partial charge in [0.25, 0.3) is 5.56 Å². The van der Waals surface area contributed by atoms with Crippen molar-refractivity contribution in [2.24, 2.45) is 0 Å². The monoisotopic (exact) mass is 352 g/mol. The van der Waals surface area contributed by atoms with Crippen LogP contribution in [0, 0.1) is 5.82 Å². The largest absolute Gasteiger partial charge is 0.369 e. The SMILES string of the molecule is O=c1cnc2ccccc2n1CCN1CCN(c2ccc(F)cc2)CC1. The van der Waals surface area contributed by atoms with Crippen LogP contribution in [0.1, 0.15) is 0 Å². The average molecular weight is 352 g/mol. The van der Waals surface area contributed by atoms with Crippen molar-refractivity contribution in [3.8, 4) is 0 Å². The van der Waals surface area contributed by atoms with Crippen LogP contribution in [-0.2, 0) is 6.54 Å². The summed E-state index contributed by atoms with van der Waals surface area (Å²) in [5, 5.41) is 0. The Bertz CT molecular complexity index is 946. The number of benzene rings is 2. The summed E-state index contributed by atoms with van der Waals surface area (Å²) in [5.41, 5.74) is 2.72. The number of fused-ring (bicyclic) bond motifs is 1. The van der Waals surface area contributed by atoms with Gasteiger partial charge in [0.05, 0.1) is 17.2 Å². The highest BCUT2D eigenvalue weighted by molar-refractivity contribution is 5.74. The van der Waals surface area contributed by atoms with Gasteiger partial charge in [0, 0.05) is 45.0 Å². The van der Waals surface area contributed by atoms with Crippen molar-refractivity contribution in [3.63, 3.8) is 0 Å². The first-order valence-electron chi connectivity index (χ1n) is 8.88. The number of hydrogen-bond acceptors (Lipinski definition) is 4. The van der Waals surface area contributed by atoms with Crippen molar-refractivity contribution < 1.29 is 4.39 Å². The van der Waals surface area contributed by atoms with Gasteiger partial charge in [-0.25, -0.2) is 9.37 Å². The molecule has 1 saturated heterocycles. The van der Waals surface area contributed by atoms with Crippen molar-refractivity contribution in [3.05, 3.63) is 70.9 Å². The molecule has 0 bridgehead atoms. The molecule has 134 valence electrons. The van der Waals surface area contributed by atoms with Crippen molar-refractivity contribution in [1.29, 1.82) is 0 Å². The summed E-state index contributed by atoms with van der Waals surface area (Å²) < 4.78 is 14.9. The summed E-state index contributed by atoms with van der Waals surface area (Å²) in [6, 6.07) is 14.4. The van der Waals surface area contributed by atoms with Gasteiger partial charge in [0.15, 0.2) is 0 Å². The zero-order chi connectivity index (χ0) is 17.9. The lowest BCUT2D eigenvalue weighted by atomic mass is 10.2. The molecule has 0 N–H and O–H groups in total. The average Bonchev–Trinajstić information content (AvgIpc) is 2.68. The zero-order valence-electron chi connectivity index (χ0n) is 14.5. The molecule has 2 aromatic carbocycles. The molecule has 3 aromatic rings. The number of aromatic nitrogens is 2. The van der Waals surface area contributed by atoms with Crippen LogP contribution in [0.25, 0.3) is 11.0 Å². The first-order chi connectivity index (χ1) is 12.7. The van der Waals surface area contributed by atoms with E-state index in [9.17, 15) is 9.18 Å². The molecule has 0 saturated carbocycles. The smallest absolute Gasteiger partial charge is 0.269 e. The quantitative estimate of drug-likeness (QED) is 0.723. The van der Waals surface area contributed by atoms with E-state index in [1.807, 2.05) is 36.4 Å². The third kappa shape index (κ3) is 3.46. The molecule has 1 fully saturated rings. The Morgan fingerprint density at radius 2 is 1.65 bits per heavy atom. The molecule has 5 nitrogen and oxygen atoms in total. The van der Waals surface area contributed by atoms with Crippen LogP contribution in [0.15, 0.2) is 59.5 Å². The molecule has 26 heavy (non-hydrogen) atoms. The Kier molecular flexibility index (Phi) is 4.67. The highest BCUT2D eigenvalue weighted by Crippen LogP contribution is 2.17. The maximum atomic E-state index is 13.1. The summed E-state index contributed by atoms with van der Waals surface area (Å²) in [6.45, 7) is 5.13. The Balaban J connectivity index is 1.39. The topological polar surface area (TPSA) is 41.4 Å². The van der Waals surface area contributed by atoms with Gasteiger partial charge in [0.2, 0.25) is 0 Å². The number of hydrogen-bond donors (Lipinski definition) is 0. The molecular weight excluding hydrogens is 331 g/mol. The van der Waals surface area contributed by atoms with Crippen molar-refractivity contribution in [2.75, 3.05) is 37.6 Å². The molecule has 0 unspecified atom stereocenters. The number of halogens is 1. The fourth-order valence-corrected chi connectivity index (χ4v) is 3.47. The number of para-hydroxylation sites is 2. The number of rotatable bonds is 4. The van der Waals surface area contributed by atoms with Crippen LogP contribution < -0.4 is 10.5 Å². The minimum atomic E-state index is -0.206. The molecule has 0 atom stereocenters. The van der Waals surface area contributed by atoms with E-state index in [-0.39, 0.29) is 11.4 Å². The first-order valence-corrected chi connectivity index (χ1v) is 8.88. The molecule has 0 aliphatic carbocycles. The maximum Gasteiger partial charge on any atom is 0.269 e. The lowest BCUT2D eigenvalue weighted by Gasteiger charge is -2.36. The van der Waals surface area contributed by atoms with Gasteiger partial charge in [-0.2, -0.15) is 0 Å². The lowest BCUT2D eigenvalue weighted by molar-refractivity contribution is 0.248. The molecule has 1 aliphatic heterocycles. The predicted octanol–water partition coefficient (Wildman–Crippen LogP) is 2.36. The van der Waals surface area contributed by atoms with Crippen molar-refractivity contribution in [1.82, 2.24) is 14.5 Å². The third-order valence-corrected chi connectivity index (χ3v) is 4.96. The van der Waals surface area contributed by atoms with Crippen LogP contribution >= 0.6 is 0 Å². The van der Waals surface area contributed by atoms with Crippen LogP contribution in [-0.4, -0.2) is 47.2 Å². The molecule has 0 amide bonds. The standard InChI is InChI=1S/C20H21FN4O/c21-16-5-7-17(8-6-16)24-12-9-23(10-13-24)11-14-25-19-4-2-1-3-18(19)22-15-20(25)26/h1-8,15H,9-14H2. The van der Waals surface area contributed by atoms with Crippen molar-refractivity contribution >= 4 is 16.7 Å². The summed E-state index contributed by atoms with van der Waals surface area (Å²) in [6.07, 6.45) is 1.40. The Morgan fingerprint density at radius 1 is 0.923 bits per heavy atom. The second kappa shape index (κ2) is 7.25. The minimum Gasteiger partial charge on any atom is -0.369 e. The molecule has 2 heterocycles. The second-order valence-electron chi connectivity index (χ2n) is 6.54. The first kappa shape index (κ1) is 16.7. The molecule has 4 rings (SSSR count). The van der Waals surface area contributed by atoms with Crippen LogP contribution in [0.3, 0.4) is 0 Å². The van der Waals surface area contributed by atoms with Gasteiger partial charge >= 0.3 is 0 Å². The highest BCUT2D eigenvalue weighted by Gasteiger charge is 2.17. The van der Waals surface area contributed by atoms with Gasteiger partial charge in [0.1, 0.15) is 5.82 Å². The molecule has 6 heteroatoms. The van der Waals surface area contributed by atoms with Crippen LogP contribution in [0.5, 0.6) is 0 Å². The molecular formula is C20H21FN4O. The summed E-state index contributed by atoms with van der Waals surface area (Å²) >= 11 is 0. The third-order valence-electron chi connectivity index (χ3n) is 4.96. The summed E-state index contributed by atoms with van der Waals surface area (Å²) in [4.78, 5) is 21.0. The molecule has 0 radical (unpaired) electrons. The number of anilines is 1. The van der Waals surface area contributed by atoms with Gasteiger partial charge < -0.3 is 9.47 Å². The molecule has 1 aliphatic rings. The normalized spacial score (nSPS) is 15.5. The van der Waals surface area contributed by atoms with E-state index in [0.717, 1.165) is 49.4 Å². The maximum absolute atomic E-state index is 13.1. The van der Waals surface area contributed by atoms with E-state index in [2.05, 4.69) is 14.8 Å². The van der Waals surface area contributed by atoms with Crippen LogP contribution in [0.2, 0.25) is 0 Å². The van der Waals surface area contributed by atoms with Gasteiger partial charge in [-0.3, -0.25) is 9.69 Å². The Labute approximate surface area is 151 Å². The van der Waals surface area contributed by atoms with Gasteiger partial charge in [-0.15, -0.1) is 0 Å². The Hall–Kier alpha value is -2.73. The fourth-order valence-electron chi connectivity index (χ4n) is 3.47. The van der Waals surface area contributed by atoms with E-state index >= 15 is 0 Å². The lowest BCUT2D eigenvalue weighted by Crippen LogP contribution is -2.47. The van der Waals surface area contributed by atoms with Gasteiger partial charge in [-0.1, -0.05) is 12.1 Å². The molecule has 1 aromatic heterocycles. The van der Waals surface area contributed by atoms with E-state index < -0.39 is 0 Å². The fraction of sp³-hybridized carbons (Fsp3) is 0.300. The van der Waals surface area contributed by atoms with E-state index in [1.54, 1.807) is 4.57 Å². The van der Waals surface area contributed by atoms with E-state index in [1.165, 1.54) is 18.3 Å². The number of nitrogens with zero attached hydrogens (tertiary/aromatic N) is 4. The molecule has 0 spiro atoms. The highest BCUT2D eigenvalue weighted by atomic mass is 19.1. The second-order valence-corrected chi connectivity index (χ2v) is 6.54. The van der Waals surface area contributed by atoms with E-state index in [4.69, 9.17) is 0 Å².